The van der Waals surface area contributed by atoms with Crippen molar-refractivity contribution >= 4 is 5.91 Å². The molecule has 0 bridgehead atoms. The quantitative estimate of drug-likeness (QED) is 0.0205. The van der Waals surface area contributed by atoms with Crippen LogP contribution >= 0.6 is 0 Å². The second-order valence-corrected chi connectivity index (χ2v) is 20.4. The maximum atomic E-state index is 13.2. The lowest BCUT2D eigenvalue weighted by molar-refractivity contribution is -0.359. The van der Waals surface area contributed by atoms with Crippen LogP contribution in [0.2, 0.25) is 0 Å². The molecule has 0 aromatic heterocycles. The third-order valence-corrected chi connectivity index (χ3v) is 13.6. The molecule has 78 heavy (non-hydrogen) atoms. The number of rotatable bonds is 45. The fourth-order valence-corrected chi connectivity index (χ4v) is 8.85. The fourth-order valence-electron chi connectivity index (χ4n) is 8.85. The van der Waals surface area contributed by atoms with E-state index in [1.54, 1.807) is 6.08 Å². The van der Waals surface area contributed by atoms with E-state index in [0.717, 1.165) is 77.0 Å². The molecule has 0 radical (unpaired) electrons. The van der Waals surface area contributed by atoms with Gasteiger partial charge in [0.25, 0.3) is 0 Å². The molecule has 0 saturated carbocycles. The van der Waals surface area contributed by atoms with Crippen molar-refractivity contribution in [2.24, 2.45) is 0 Å². The molecule has 12 atom stereocenters. The minimum atomic E-state index is -1.80. The smallest absolute Gasteiger partial charge is 0.220 e. The van der Waals surface area contributed by atoms with Crippen LogP contribution in [0.5, 0.6) is 0 Å². The average Bonchev–Trinajstić information content (AvgIpc) is 3.44. The summed E-state index contributed by atoms with van der Waals surface area (Å²) in [4.78, 5) is 13.2. The van der Waals surface area contributed by atoms with Crippen molar-refractivity contribution < 1.29 is 64.6 Å². The van der Waals surface area contributed by atoms with Gasteiger partial charge < -0.3 is 65.1 Å². The summed E-state index contributed by atoms with van der Waals surface area (Å²) >= 11 is 0. The number of amides is 1. The zero-order valence-corrected chi connectivity index (χ0v) is 47.6. The SMILES string of the molecule is CC/C=C\C/C=C\C/C=C\C/C=C\C/C=C\C/C=C\C/C=C\C/C=C\CCCCC(=O)NC(COC1OC(CO)C(OC2OC(CO)C(O)C(O)C2O)C(O)C1O)C(O)/C=C/CC/C=C/CCCCCCCCCCCCC. The van der Waals surface area contributed by atoms with Gasteiger partial charge in [-0.25, -0.2) is 0 Å². The van der Waals surface area contributed by atoms with Crippen LogP contribution in [0.4, 0.5) is 0 Å². The summed E-state index contributed by atoms with van der Waals surface area (Å²) < 4.78 is 22.7. The Balaban J connectivity index is 1.81. The number of hydrogen-bond donors (Lipinski definition) is 9. The fraction of sp³-hybridized carbons (Fsp3) is 0.672. The molecule has 0 aromatic rings. The molecule has 2 fully saturated rings. The summed E-state index contributed by atoms with van der Waals surface area (Å²) in [5.41, 5.74) is 0. The highest BCUT2D eigenvalue weighted by atomic mass is 16.7. The van der Waals surface area contributed by atoms with E-state index in [1.165, 1.54) is 70.6 Å². The topological polar surface area (TPSA) is 228 Å². The summed E-state index contributed by atoms with van der Waals surface area (Å²) in [6.07, 6.45) is 52.3. The van der Waals surface area contributed by atoms with Crippen LogP contribution in [0.3, 0.4) is 0 Å². The molecule has 444 valence electrons. The van der Waals surface area contributed by atoms with E-state index in [1.807, 2.05) is 6.08 Å². The third-order valence-electron chi connectivity index (χ3n) is 13.6. The number of ether oxygens (including phenoxy) is 4. The van der Waals surface area contributed by atoms with Gasteiger partial charge in [0.1, 0.15) is 48.8 Å². The molecular weight excluding hydrogens is 991 g/mol. The van der Waals surface area contributed by atoms with Crippen molar-refractivity contribution in [3.05, 3.63) is 122 Å². The largest absolute Gasteiger partial charge is 0.394 e. The maximum absolute atomic E-state index is 13.2. The number of hydrogen-bond acceptors (Lipinski definition) is 13. The van der Waals surface area contributed by atoms with E-state index in [9.17, 15) is 45.6 Å². The summed E-state index contributed by atoms with van der Waals surface area (Å²) in [5.74, 6) is -0.297. The number of carbonyl (C=O) groups excluding carboxylic acids is 1. The Morgan fingerprint density at radius 1 is 0.474 bits per heavy atom. The van der Waals surface area contributed by atoms with Gasteiger partial charge in [0.15, 0.2) is 12.6 Å². The Bertz CT molecular complexity index is 1770. The van der Waals surface area contributed by atoms with Crippen molar-refractivity contribution in [1.29, 1.82) is 0 Å². The van der Waals surface area contributed by atoms with Crippen molar-refractivity contribution in [3.8, 4) is 0 Å². The first-order valence-corrected chi connectivity index (χ1v) is 29.8. The molecule has 2 rings (SSSR count). The van der Waals surface area contributed by atoms with Crippen LogP contribution in [0, 0.1) is 0 Å². The third kappa shape index (κ3) is 33.2. The van der Waals surface area contributed by atoms with E-state index in [0.29, 0.717) is 12.8 Å². The highest BCUT2D eigenvalue weighted by Crippen LogP contribution is 2.30. The maximum Gasteiger partial charge on any atom is 0.220 e. The molecule has 2 saturated heterocycles. The zero-order valence-electron chi connectivity index (χ0n) is 47.6. The first-order chi connectivity index (χ1) is 38.1. The molecule has 14 heteroatoms. The van der Waals surface area contributed by atoms with E-state index in [-0.39, 0.29) is 18.9 Å². The van der Waals surface area contributed by atoms with Gasteiger partial charge in [-0.3, -0.25) is 4.79 Å². The standard InChI is InChI=1S/C64H105NO13/c1-3-5-7-9-11-13-15-17-19-21-22-23-24-25-26-27-28-29-30-32-34-36-38-40-42-44-46-48-56(69)65-52(53(68)47-45-43-41-39-37-35-33-31-20-18-16-14-12-10-8-6-4-2)51-75-63-61(74)59(72)62(55(50-67)77-63)78-64-60(73)58(71)57(70)54(49-66)76-64/h5,7,11,13,17,19,22-23,25-26,28-29,32,34,37-40,45,47,52-55,57-64,66-68,70-74H,3-4,6,8-10,12,14-16,18,20-21,24,27,30-31,33,35-36,41-44,46,48-51H2,1-2H3,(H,65,69)/b7-5-,13-11-,19-17-,23-22-,26-25-,29-28-,34-32-,39-37+,40-38-,47-45+. The number of nitrogens with one attached hydrogen (secondary N) is 1. The minimum Gasteiger partial charge on any atom is -0.394 e. The first kappa shape index (κ1) is 70.5. The minimum absolute atomic E-state index is 0.210. The lowest BCUT2D eigenvalue weighted by Gasteiger charge is -2.46. The summed E-state index contributed by atoms with van der Waals surface area (Å²) in [7, 11) is 0. The normalized spacial score (nSPS) is 25.5. The van der Waals surface area contributed by atoms with E-state index in [4.69, 9.17) is 18.9 Å². The Labute approximate surface area is 469 Å². The van der Waals surface area contributed by atoms with Gasteiger partial charge in [0.05, 0.1) is 32.0 Å². The molecule has 0 spiro atoms. The molecule has 2 aliphatic rings. The lowest BCUT2D eigenvalue weighted by atomic mass is 9.97. The number of unbranched alkanes of at least 4 members (excludes halogenated alkanes) is 14. The monoisotopic (exact) mass is 1100 g/mol. The van der Waals surface area contributed by atoms with Gasteiger partial charge >= 0.3 is 0 Å². The Morgan fingerprint density at radius 2 is 0.897 bits per heavy atom. The van der Waals surface area contributed by atoms with Gasteiger partial charge in [0, 0.05) is 6.42 Å². The first-order valence-electron chi connectivity index (χ1n) is 29.8. The van der Waals surface area contributed by atoms with Crippen LogP contribution in [0.25, 0.3) is 0 Å². The van der Waals surface area contributed by atoms with Gasteiger partial charge in [-0.15, -0.1) is 0 Å². The number of aliphatic hydroxyl groups excluding tert-OH is 8. The summed E-state index contributed by atoms with van der Waals surface area (Å²) in [6, 6.07) is -0.964. The molecule has 9 N–H and O–H groups in total. The molecular formula is C64H105NO13. The molecule has 2 aliphatic heterocycles. The van der Waals surface area contributed by atoms with E-state index >= 15 is 0 Å². The molecule has 14 nitrogen and oxygen atoms in total. The van der Waals surface area contributed by atoms with Gasteiger partial charge in [0.2, 0.25) is 5.91 Å². The van der Waals surface area contributed by atoms with Crippen molar-refractivity contribution in [2.45, 2.75) is 254 Å². The highest BCUT2D eigenvalue weighted by Gasteiger charge is 2.51. The van der Waals surface area contributed by atoms with Crippen LogP contribution < -0.4 is 5.32 Å². The molecule has 0 aliphatic carbocycles. The molecule has 0 aromatic carbocycles. The number of aliphatic hydroxyl groups is 8. The highest BCUT2D eigenvalue weighted by molar-refractivity contribution is 5.76. The van der Waals surface area contributed by atoms with Crippen molar-refractivity contribution in [2.75, 3.05) is 19.8 Å². The summed E-state index contributed by atoms with van der Waals surface area (Å²) in [6.45, 7) is 2.61. The molecule has 1 amide bonds. The van der Waals surface area contributed by atoms with Crippen LogP contribution in [-0.2, 0) is 23.7 Å². The summed E-state index contributed by atoms with van der Waals surface area (Å²) in [5, 5.41) is 87.0. The zero-order chi connectivity index (χ0) is 56.7. The predicted molar refractivity (Wildman–Crippen MR) is 313 cm³/mol. The second kappa shape index (κ2) is 48.1. The van der Waals surface area contributed by atoms with E-state index < -0.39 is 86.8 Å². The van der Waals surface area contributed by atoms with Gasteiger partial charge in [-0.05, 0) is 96.3 Å². The van der Waals surface area contributed by atoms with Crippen molar-refractivity contribution in [3.63, 3.8) is 0 Å². The van der Waals surface area contributed by atoms with Crippen LogP contribution in [0.1, 0.15) is 181 Å². The number of carbonyl (C=O) groups is 1. The molecule has 2 heterocycles. The molecule has 12 unspecified atom stereocenters. The Morgan fingerprint density at radius 3 is 1.41 bits per heavy atom. The van der Waals surface area contributed by atoms with E-state index in [2.05, 4.69) is 129 Å². The van der Waals surface area contributed by atoms with Crippen LogP contribution in [0.15, 0.2) is 122 Å². The lowest BCUT2D eigenvalue weighted by Crippen LogP contribution is -2.65. The number of allylic oxidation sites excluding steroid dienone is 19. The average molecular weight is 1100 g/mol. The predicted octanol–water partition coefficient (Wildman–Crippen LogP) is 10.2. The Hall–Kier alpha value is -3.61. The second-order valence-electron chi connectivity index (χ2n) is 20.4. The Kier molecular flexibility index (Phi) is 43.5. The van der Waals surface area contributed by atoms with Gasteiger partial charge in [-0.2, -0.15) is 0 Å². The van der Waals surface area contributed by atoms with Gasteiger partial charge in [-0.1, -0.05) is 200 Å². The van der Waals surface area contributed by atoms with Crippen molar-refractivity contribution in [1.82, 2.24) is 5.32 Å². The van der Waals surface area contributed by atoms with Crippen LogP contribution in [-0.4, -0.2) is 140 Å².